The lowest BCUT2D eigenvalue weighted by Crippen LogP contribution is -2.42. The maximum atomic E-state index is 13.1. The minimum Gasteiger partial charge on any atom is -0.331 e. The predicted molar refractivity (Wildman–Crippen MR) is 141 cm³/mol. The lowest BCUT2D eigenvalue weighted by atomic mass is 9.92. The molecule has 1 N–H and O–H groups in total. The van der Waals surface area contributed by atoms with Crippen molar-refractivity contribution < 1.29 is 9.59 Å². The maximum absolute atomic E-state index is 13.1. The van der Waals surface area contributed by atoms with Crippen LogP contribution < -0.4 is 5.32 Å². The zero-order chi connectivity index (χ0) is 25.5. The van der Waals surface area contributed by atoms with Gasteiger partial charge in [0, 0.05) is 23.9 Å². The van der Waals surface area contributed by atoms with Gasteiger partial charge in [0.05, 0.1) is 11.4 Å². The topological polar surface area (TPSA) is 67.2 Å². The van der Waals surface area contributed by atoms with E-state index in [1.807, 2.05) is 36.7 Å². The Labute approximate surface area is 206 Å². The number of hydrogen-bond donors (Lipinski definition) is 1. The van der Waals surface area contributed by atoms with Crippen molar-refractivity contribution in [3.8, 4) is 5.69 Å². The van der Waals surface area contributed by atoms with Crippen molar-refractivity contribution in [2.45, 2.75) is 105 Å². The summed E-state index contributed by atoms with van der Waals surface area (Å²) in [4.78, 5) is 27.6. The van der Waals surface area contributed by atoms with Gasteiger partial charge in [-0.25, -0.2) is 4.68 Å². The maximum Gasteiger partial charge on any atom is 0.245 e. The molecular weight excluding hydrogens is 424 g/mol. The Balaban J connectivity index is 2.21. The van der Waals surface area contributed by atoms with Gasteiger partial charge in [-0.2, -0.15) is 5.10 Å². The van der Waals surface area contributed by atoms with Crippen molar-refractivity contribution in [1.29, 1.82) is 0 Å². The van der Waals surface area contributed by atoms with E-state index < -0.39 is 0 Å². The molecular formula is C28H44N4O2. The van der Waals surface area contributed by atoms with Crippen molar-refractivity contribution in [3.63, 3.8) is 0 Å². The predicted octanol–water partition coefficient (Wildman–Crippen LogP) is 6.32. The van der Waals surface area contributed by atoms with Crippen molar-refractivity contribution in [3.05, 3.63) is 41.1 Å². The van der Waals surface area contributed by atoms with Gasteiger partial charge in [0.15, 0.2) is 0 Å². The Morgan fingerprint density at radius 3 is 2.38 bits per heavy atom. The van der Waals surface area contributed by atoms with Crippen molar-refractivity contribution in [1.82, 2.24) is 14.7 Å². The summed E-state index contributed by atoms with van der Waals surface area (Å²) >= 11 is 0. The summed E-state index contributed by atoms with van der Waals surface area (Å²) in [5.41, 5.74) is 3.95. The monoisotopic (exact) mass is 468 g/mol. The minimum atomic E-state index is -0.208. The highest BCUT2D eigenvalue weighted by atomic mass is 16.2. The molecule has 0 aliphatic rings. The van der Waals surface area contributed by atoms with E-state index in [-0.39, 0.29) is 29.8 Å². The van der Waals surface area contributed by atoms with Crippen LogP contribution in [0.2, 0.25) is 0 Å². The van der Waals surface area contributed by atoms with Crippen LogP contribution in [-0.4, -0.2) is 39.1 Å². The highest BCUT2D eigenvalue weighted by Gasteiger charge is 2.24. The van der Waals surface area contributed by atoms with Crippen LogP contribution in [0.5, 0.6) is 0 Å². The SMILES string of the molecule is CCCCCCCC(=O)N(CC(=O)Nc1cc(C(C)(C)C)nn1-c1cccc(C)c1C)C(C)C. The Bertz CT molecular complexity index is 969. The van der Waals surface area contributed by atoms with E-state index in [0.29, 0.717) is 12.2 Å². The number of nitrogens with one attached hydrogen (secondary N) is 1. The highest BCUT2D eigenvalue weighted by molar-refractivity contribution is 5.94. The van der Waals surface area contributed by atoms with Gasteiger partial charge in [0.1, 0.15) is 12.4 Å². The molecule has 0 unspecified atom stereocenters. The van der Waals surface area contributed by atoms with Crippen LogP contribution >= 0.6 is 0 Å². The number of aromatic nitrogens is 2. The molecule has 0 aliphatic heterocycles. The molecule has 1 aromatic carbocycles. The van der Waals surface area contributed by atoms with Crippen molar-refractivity contribution in [2.75, 3.05) is 11.9 Å². The van der Waals surface area contributed by atoms with Crippen molar-refractivity contribution in [2.24, 2.45) is 0 Å². The molecule has 0 saturated carbocycles. The first-order valence-electron chi connectivity index (χ1n) is 12.7. The van der Waals surface area contributed by atoms with Crippen LogP contribution in [-0.2, 0) is 15.0 Å². The summed E-state index contributed by atoms with van der Waals surface area (Å²) in [6.07, 6.45) is 5.96. The molecule has 2 aromatic rings. The molecule has 0 fully saturated rings. The first kappa shape index (κ1) is 27.6. The number of rotatable bonds is 11. The van der Waals surface area contributed by atoms with Gasteiger partial charge in [-0.05, 0) is 51.3 Å². The molecule has 34 heavy (non-hydrogen) atoms. The first-order chi connectivity index (χ1) is 16.0. The lowest BCUT2D eigenvalue weighted by molar-refractivity contribution is -0.136. The van der Waals surface area contributed by atoms with Gasteiger partial charge in [-0.1, -0.05) is 65.5 Å². The molecule has 6 nitrogen and oxygen atoms in total. The number of nitrogens with zero attached hydrogens (tertiary/aromatic N) is 3. The van der Waals surface area contributed by atoms with Crippen LogP contribution in [0, 0.1) is 13.8 Å². The average Bonchev–Trinajstić information content (AvgIpc) is 3.17. The fourth-order valence-corrected chi connectivity index (χ4v) is 3.90. The molecule has 0 atom stereocenters. The summed E-state index contributed by atoms with van der Waals surface area (Å²) in [7, 11) is 0. The quantitative estimate of drug-likeness (QED) is 0.392. The van der Waals surface area contributed by atoms with E-state index >= 15 is 0 Å². The molecule has 0 saturated heterocycles. The standard InChI is InChI=1S/C28H44N4O2/c1-9-10-11-12-13-17-27(34)31(20(2)3)19-26(33)29-25-18-24(28(6,7)8)30-32(25)23-16-14-15-21(4)22(23)5/h14-16,18,20H,9-13,17,19H2,1-8H3,(H,29,33). The van der Waals surface area contributed by atoms with E-state index in [1.165, 1.54) is 12.8 Å². The number of amides is 2. The van der Waals surface area contributed by atoms with E-state index in [1.54, 1.807) is 4.90 Å². The van der Waals surface area contributed by atoms with Gasteiger partial charge >= 0.3 is 0 Å². The Kier molecular flexibility index (Phi) is 9.90. The molecule has 1 aromatic heterocycles. The van der Waals surface area contributed by atoms with Gasteiger partial charge in [-0.3, -0.25) is 9.59 Å². The second-order valence-electron chi connectivity index (χ2n) is 10.6. The summed E-state index contributed by atoms with van der Waals surface area (Å²) in [5.74, 6) is 0.458. The summed E-state index contributed by atoms with van der Waals surface area (Å²) < 4.78 is 1.82. The summed E-state index contributed by atoms with van der Waals surface area (Å²) in [6.45, 7) is 16.6. The summed E-state index contributed by atoms with van der Waals surface area (Å²) in [5, 5.41) is 7.88. The average molecular weight is 469 g/mol. The minimum absolute atomic E-state index is 0.0360. The Hall–Kier alpha value is -2.63. The smallest absolute Gasteiger partial charge is 0.245 e. The molecule has 6 heteroatoms. The van der Waals surface area contributed by atoms with Gasteiger partial charge in [-0.15, -0.1) is 0 Å². The Morgan fingerprint density at radius 2 is 1.76 bits per heavy atom. The van der Waals surface area contributed by atoms with Crippen LogP contribution in [0.25, 0.3) is 5.69 Å². The summed E-state index contributed by atoms with van der Waals surface area (Å²) in [6, 6.07) is 7.98. The highest BCUT2D eigenvalue weighted by Crippen LogP contribution is 2.28. The molecule has 0 radical (unpaired) electrons. The van der Waals surface area contributed by atoms with Crippen LogP contribution in [0.15, 0.2) is 24.3 Å². The zero-order valence-electron chi connectivity index (χ0n) is 22.5. The fraction of sp³-hybridized carbons (Fsp3) is 0.607. The third-order valence-corrected chi connectivity index (χ3v) is 6.30. The number of carbonyl (C=O) groups is 2. The third-order valence-electron chi connectivity index (χ3n) is 6.30. The Morgan fingerprint density at radius 1 is 1.09 bits per heavy atom. The largest absolute Gasteiger partial charge is 0.331 e. The number of hydrogen-bond acceptors (Lipinski definition) is 3. The zero-order valence-corrected chi connectivity index (χ0v) is 22.5. The molecule has 1 heterocycles. The molecule has 188 valence electrons. The number of benzene rings is 1. The van der Waals surface area contributed by atoms with E-state index in [4.69, 9.17) is 5.10 Å². The third kappa shape index (κ3) is 7.44. The number of carbonyl (C=O) groups excluding carboxylic acids is 2. The molecule has 2 rings (SSSR count). The van der Waals surface area contributed by atoms with E-state index in [0.717, 1.165) is 41.8 Å². The second kappa shape index (κ2) is 12.2. The van der Waals surface area contributed by atoms with Gasteiger partial charge in [0.25, 0.3) is 0 Å². The molecule has 2 amide bonds. The normalized spacial score (nSPS) is 11.7. The van der Waals surface area contributed by atoms with Crippen molar-refractivity contribution >= 4 is 17.6 Å². The number of aryl methyl sites for hydroxylation is 1. The molecule has 0 bridgehead atoms. The van der Waals surface area contributed by atoms with Gasteiger partial charge in [0.2, 0.25) is 11.8 Å². The van der Waals surface area contributed by atoms with E-state index in [2.05, 4.69) is 52.9 Å². The lowest BCUT2D eigenvalue weighted by Gasteiger charge is -2.26. The van der Waals surface area contributed by atoms with Crippen LogP contribution in [0.4, 0.5) is 5.82 Å². The first-order valence-corrected chi connectivity index (χ1v) is 12.7. The number of unbranched alkanes of at least 4 members (excludes halogenated alkanes) is 4. The van der Waals surface area contributed by atoms with E-state index in [9.17, 15) is 9.59 Å². The van der Waals surface area contributed by atoms with Gasteiger partial charge < -0.3 is 10.2 Å². The van der Waals surface area contributed by atoms with Crippen LogP contribution in [0.3, 0.4) is 0 Å². The number of anilines is 1. The molecule has 0 spiro atoms. The van der Waals surface area contributed by atoms with Crippen LogP contribution in [0.1, 0.15) is 96.9 Å². The molecule has 0 aliphatic carbocycles. The second-order valence-corrected chi connectivity index (χ2v) is 10.6. The fourth-order valence-electron chi connectivity index (χ4n) is 3.90.